The topological polar surface area (TPSA) is 436 Å². The fourth-order valence-corrected chi connectivity index (χ4v) is 6.70. The Hall–Kier alpha value is -5.84. The molecule has 25 heteroatoms. The molecular weight excluding hydrogens is 944 g/mol. The number of hydrogen-bond acceptors (Lipinski definition) is 21. The number of ether oxygens (including phenoxy) is 2. The monoisotopic (exact) mass is 1000 g/mol. The number of aliphatic hydroxyl groups excluding tert-OH is 12. The van der Waals surface area contributed by atoms with Gasteiger partial charge in [0.15, 0.2) is 28.4 Å². The number of nitrogens with two attached hydrogens (primary N) is 3. The molecule has 1 aromatic heterocycles. The molecule has 384 valence electrons. The summed E-state index contributed by atoms with van der Waals surface area (Å²) in [5.41, 5.74) is 20.8. The number of rotatable bonds is 27. The normalized spacial score (nSPS) is 16.2. The number of nitrogens with one attached hydrogen (secondary N) is 2. The number of aryl methyl sites for hydroxylation is 2. The minimum absolute atomic E-state index is 0.0146. The van der Waals surface area contributed by atoms with Crippen LogP contribution in [0.3, 0.4) is 0 Å². The van der Waals surface area contributed by atoms with Gasteiger partial charge in [0.25, 0.3) is 5.91 Å². The van der Waals surface area contributed by atoms with Crippen molar-refractivity contribution in [2.75, 3.05) is 49.8 Å². The number of aliphatic imine (C=N–C) groups is 1. The number of halogens is 1. The molecule has 0 radical (unpaired) electrons. The Bertz CT molecular complexity index is 2260. The molecular formula is C45H61ClN8O16. The first kappa shape index (κ1) is 56.7. The lowest BCUT2D eigenvalue weighted by Crippen LogP contribution is -2.51. The van der Waals surface area contributed by atoms with Gasteiger partial charge in [-0.05, 0) is 47.9 Å². The molecule has 10 atom stereocenters. The van der Waals surface area contributed by atoms with E-state index in [1.54, 1.807) is 0 Å². The van der Waals surface area contributed by atoms with Gasteiger partial charge in [-0.3, -0.25) is 19.9 Å². The molecule has 3 aromatic carbocycles. The number of nitrogens with zero attached hydrogens (tertiary/aromatic N) is 3. The molecule has 4 rings (SSSR count). The van der Waals surface area contributed by atoms with Crippen LogP contribution in [-0.4, -0.2) is 183 Å². The van der Waals surface area contributed by atoms with E-state index in [1.807, 2.05) is 48.5 Å². The van der Waals surface area contributed by atoms with Crippen LogP contribution >= 0.6 is 11.6 Å². The number of hydrogen-bond donors (Lipinski definition) is 17. The summed E-state index contributed by atoms with van der Waals surface area (Å²) < 4.78 is 11.1. The number of carbonyl (C=O) groups is 2. The Kier molecular flexibility index (Phi) is 22.3. The number of guanidine groups is 1. The zero-order valence-corrected chi connectivity index (χ0v) is 38.4. The van der Waals surface area contributed by atoms with Crippen LogP contribution in [0.1, 0.15) is 40.9 Å². The summed E-state index contributed by atoms with van der Waals surface area (Å²) in [6.07, 6.45) is -17.1. The molecule has 0 spiro atoms. The molecule has 0 bridgehead atoms. The molecule has 4 aromatic rings. The van der Waals surface area contributed by atoms with E-state index in [4.69, 9.17) is 48.5 Å². The minimum Gasteiger partial charge on any atom is -0.491 e. The number of aliphatic hydroxyl groups is 12. The smallest absolute Gasteiger partial charge is 0.280 e. The minimum atomic E-state index is -2.09. The molecule has 1 heterocycles. The van der Waals surface area contributed by atoms with Crippen LogP contribution in [-0.2, 0) is 17.6 Å². The predicted octanol–water partition coefficient (Wildman–Crippen LogP) is -3.05. The number of unbranched alkanes of at least 4 members (excludes halogenated alkanes) is 1. The fourth-order valence-electron chi connectivity index (χ4n) is 6.57. The average molecular weight is 1010 g/mol. The highest BCUT2D eigenvalue weighted by Gasteiger charge is 2.36. The number of aromatic nitrogens is 2. The molecule has 20 N–H and O–H groups in total. The van der Waals surface area contributed by atoms with Gasteiger partial charge in [-0.2, -0.15) is 0 Å². The number of carbonyl (C=O) groups excluding carboxylic acids is 2. The maximum atomic E-state index is 13.2. The van der Waals surface area contributed by atoms with Crippen molar-refractivity contribution in [1.29, 1.82) is 0 Å². The lowest BCUT2D eigenvalue weighted by molar-refractivity contribution is -0.144. The van der Waals surface area contributed by atoms with Gasteiger partial charge in [-0.15, -0.1) is 0 Å². The van der Waals surface area contributed by atoms with Gasteiger partial charge in [0.1, 0.15) is 85.8 Å². The predicted molar refractivity (Wildman–Crippen MR) is 253 cm³/mol. The Labute approximate surface area is 406 Å². The second-order valence-corrected chi connectivity index (χ2v) is 16.5. The summed E-state index contributed by atoms with van der Waals surface area (Å²) in [5.74, 6) is -1.77. The molecule has 24 nitrogen and oxygen atoms in total. The van der Waals surface area contributed by atoms with Crippen LogP contribution in [0, 0.1) is 0 Å². The zero-order valence-electron chi connectivity index (χ0n) is 37.6. The summed E-state index contributed by atoms with van der Waals surface area (Å²) in [6.45, 7) is -2.95. The van der Waals surface area contributed by atoms with Crippen molar-refractivity contribution in [3.05, 3.63) is 88.7 Å². The summed E-state index contributed by atoms with van der Waals surface area (Å²) in [4.78, 5) is 37.4. The Morgan fingerprint density at radius 3 is 1.59 bits per heavy atom. The molecule has 0 fully saturated rings. The van der Waals surface area contributed by atoms with E-state index >= 15 is 0 Å². The third-order valence-electron chi connectivity index (χ3n) is 10.8. The lowest BCUT2D eigenvalue weighted by Gasteiger charge is -2.28. The van der Waals surface area contributed by atoms with Crippen molar-refractivity contribution < 1.29 is 80.3 Å². The standard InChI is InChI=1S/C45H61ClN8O16/c46-41-43(48)53-42(47)34(52-41)44(68)54-45(49)50-14-2-1-3-22-4-9-24(10-5-22)25-11-6-23(7-12-25)8-13-33(61)51-26-15-27(69-20-31(59)37(64)39(66)35(62)29(57)18-55)17-28(16-26)70-21-32(60)38(65)40(67)36(63)30(58)19-56/h4-7,9-12,15-17,29-32,35-40,55-60,62-67H,1-3,8,13-14,18-21H2,(H,51,61)(H4,47,48,53)(H3,49,50,54,68)/t29-,30-,31+,32+,35-,36-,37+,38+,39+,40+/m0/s1. The quantitative estimate of drug-likeness (QED) is 0.0160. The maximum Gasteiger partial charge on any atom is 0.280 e. The van der Waals surface area contributed by atoms with Gasteiger partial charge in [0.2, 0.25) is 5.91 Å². The molecule has 0 unspecified atom stereocenters. The van der Waals surface area contributed by atoms with Crippen molar-refractivity contribution in [3.8, 4) is 22.6 Å². The average Bonchev–Trinajstić information content (AvgIpc) is 3.35. The Morgan fingerprint density at radius 1 is 0.629 bits per heavy atom. The number of benzene rings is 3. The lowest BCUT2D eigenvalue weighted by atomic mass is 9.99. The number of nitrogen functional groups attached to an aromatic ring is 2. The second-order valence-electron chi connectivity index (χ2n) is 16.1. The highest BCUT2D eigenvalue weighted by atomic mass is 35.5. The molecule has 0 saturated heterocycles. The summed E-state index contributed by atoms with van der Waals surface area (Å²) >= 11 is 5.83. The van der Waals surface area contributed by atoms with E-state index in [2.05, 4.69) is 25.6 Å². The van der Waals surface area contributed by atoms with Gasteiger partial charge in [0.05, 0.1) is 13.2 Å². The Balaban J connectivity index is 1.31. The van der Waals surface area contributed by atoms with Crippen LogP contribution in [0.25, 0.3) is 11.1 Å². The summed E-state index contributed by atoms with van der Waals surface area (Å²) in [7, 11) is 0. The third-order valence-corrected chi connectivity index (χ3v) is 11.0. The van der Waals surface area contributed by atoms with E-state index in [1.165, 1.54) is 18.2 Å². The first-order valence-corrected chi connectivity index (χ1v) is 22.2. The van der Waals surface area contributed by atoms with E-state index in [0.717, 1.165) is 35.1 Å². The van der Waals surface area contributed by atoms with Crippen LogP contribution in [0.15, 0.2) is 71.7 Å². The number of amides is 2. The van der Waals surface area contributed by atoms with E-state index in [9.17, 15) is 60.7 Å². The third kappa shape index (κ3) is 16.9. The van der Waals surface area contributed by atoms with Crippen molar-refractivity contribution in [2.24, 2.45) is 10.7 Å². The van der Waals surface area contributed by atoms with Crippen molar-refractivity contribution in [1.82, 2.24) is 15.3 Å². The van der Waals surface area contributed by atoms with Gasteiger partial charge >= 0.3 is 0 Å². The van der Waals surface area contributed by atoms with Crippen molar-refractivity contribution in [2.45, 2.75) is 93.1 Å². The first-order valence-electron chi connectivity index (χ1n) is 21.8. The fraction of sp³-hybridized carbons (Fsp3) is 0.444. The molecule has 0 aliphatic carbocycles. The SMILES string of the molecule is NC(=NCCCCc1ccc(-c2ccc(CCC(=O)Nc3cc(OC[C@@H](O)[C@@H](O)[C@H](O)[C@@H](O)[C@@H](O)CO)cc(OC[C@@H](O)[C@@H](O)[C@H](O)[C@@H](O)[C@@H](O)CO)c3)cc2)cc1)NC(=O)c1nc(Cl)c(N)nc1N. The van der Waals surface area contributed by atoms with Gasteiger partial charge in [-0.1, -0.05) is 60.1 Å². The molecule has 0 aliphatic heterocycles. The van der Waals surface area contributed by atoms with Crippen LogP contribution in [0.2, 0.25) is 5.15 Å². The van der Waals surface area contributed by atoms with E-state index in [0.29, 0.717) is 19.4 Å². The summed E-state index contributed by atoms with van der Waals surface area (Å²) in [6, 6.07) is 19.5. The molecule has 0 saturated carbocycles. The molecule has 2 amide bonds. The van der Waals surface area contributed by atoms with Crippen LogP contribution < -0.4 is 37.3 Å². The summed E-state index contributed by atoms with van der Waals surface area (Å²) in [5, 5.41) is 124. The van der Waals surface area contributed by atoms with Crippen LogP contribution in [0.5, 0.6) is 11.5 Å². The number of anilines is 3. The van der Waals surface area contributed by atoms with Crippen molar-refractivity contribution in [3.63, 3.8) is 0 Å². The zero-order chi connectivity index (χ0) is 51.7. The highest BCUT2D eigenvalue weighted by molar-refractivity contribution is 6.31. The second kappa shape index (κ2) is 27.5. The van der Waals surface area contributed by atoms with Gasteiger partial charge < -0.3 is 93.3 Å². The molecule has 0 aliphatic rings. The van der Waals surface area contributed by atoms with Crippen molar-refractivity contribution >= 4 is 46.7 Å². The van der Waals surface area contributed by atoms with Gasteiger partial charge in [-0.25, -0.2) is 9.97 Å². The Morgan fingerprint density at radius 2 is 1.10 bits per heavy atom. The molecule has 70 heavy (non-hydrogen) atoms. The maximum absolute atomic E-state index is 13.2. The highest BCUT2D eigenvalue weighted by Crippen LogP contribution is 2.28. The van der Waals surface area contributed by atoms with Gasteiger partial charge in [0, 0.05) is 36.9 Å². The first-order chi connectivity index (χ1) is 33.2. The van der Waals surface area contributed by atoms with Crippen LogP contribution in [0.4, 0.5) is 17.3 Å². The van der Waals surface area contributed by atoms with E-state index in [-0.39, 0.29) is 52.0 Å². The largest absolute Gasteiger partial charge is 0.491 e. The van der Waals surface area contributed by atoms with E-state index < -0.39 is 99.3 Å².